The molecule has 1 aromatic carbocycles. The highest BCUT2D eigenvalue weighted by Crippen LogP contribution is 2.33. The number of anilines is 3. The van der Waals surface area contributed by atoms with Crippen LogP contribution in [0.4, 0.5) is 30.8 Å². The third-order valence-electron chi connectivity index (χ3n) is 2.67. The molecule has 0 saturated heterocycles. The predicted octanol–water partition coefficient (Wildman–Crippen LogP) is 0.823. The maximum Gasteiger partial charge on any atom is 0.416 e. The maximum absolute atomic E-state index is 12.7. The number of aromatic nitrogens is 3. The van der Waals surface area contributed by atoms with Gasteiger partial charge in [-0.2, -0.15) is 17.8 Å². The van der Waals surface area contributed by atoms with Crippen molar-refractivity contribution in [1.29, 1.82) is 0 Å². The zero-order valence-electron chi connectivity index (χ0n) is 11.6. The van der Waals surface area contributed by atoms with Gasteiger partial charge in [0, 0.05) is 0 Å². The molecule has 0 fully saturated rings. The molecule has 0 radical (unpaired) electrons. The molecule has 0 unspecified atom stereocenters. The van der Waals surface area contributed by atoms with Gasteiger partial charge in [0.05, 0.1) is 16.3 Å². The van der Waals surface area contributed by atoms with Gasteiger partial charge in [0.2, 0.25) is 11.9 Å². The van der Waals surface area contributed by atoms with Gasteiger partial charge < -0.3 is 16.8 Å². The lowest BCUT2D eigenvalue weighted by molar-refractivity contribution is -0.137. The Morgan fingerprint density at radius 2 is 1.71 bits per heavy atom. The van der Waals surface area contributed by atoms with E-state index in [0.29, 0.717) is 6.07 Å². The number of halogens is 4. The smallest absolute Gasteiger partial charge is 0.366 e. The van der Waals surface area contributed by atoms with Crippen LogP contribution in [0.5, 0.6) is 0 Å². The molecule has 0 bridgehead atoms. The molecule has 0 aliphatic heterocycles. The zero-order valence-corrected chi connectivity index (χ0v) is 12.3. The SMILES string of the molecule is Nc1nnc(N)n1NC(=O)C(=O)Nc1cc(C(F)(F)F)ccc1Cl. The quantitative estimate of drug-likeness (QED) is 0.582. The minimum Gasteiger partial charge on any atom is -0.366 e. The normalized spacial score (nSPS) is 11.2. The minimum atomic E-state index is -4.64. The Morgan fingerprint density at radius 1 is 1.12 bits per heavy atom. The number of rotatable bonds is 2. The summed E-state index contributed by atoms with van der Waals surface area (Å²) >= 11 is 5.71. The number of nitrogens with one attached hydrogen (secondary N) is 2. The van der Waals surface area contributed by atoms with E-state index in [2.05, 4.69) is 10.2 Å². The van der Waals surface area contributed by atoms with Crippen molar-refractivity contribution in [3.05, 3.63) is 28.8 Å². The van der Waals surface area contributed by atoms with Gasteiger partial charge in [0.1, 0.15) is 0 Å². The highest BCUT2D eigenvalue weighted by Gasteiger charge is 2.31. The molecule has 0 atom stereocenters. The molecule has 128 valence electrons. The predicted molar refractivity (Wildman–Crippen MR) is 78.3 cm³/mol. The molecular weight excluding hydrogens is 355 g/mol. The molecule has 1 aromatic heterocycles. The number of alkyl halides is 3. The molecule has 0 saturated carbocycles. The summed E-state index contributed by atoms with van der Waals surface area (Å²) in [5, 5.41) is 8.44. The second kappa shape index (κ2) is 6.23. The molecular formula is C11H9ClF3N7O2. The van der Waals surface area contributed by atoms with E-state index < -0.39 is 29.2 Å². The van der Waals surface area contributed by atoms with Gasteiger partial charge in [-0.05, 0) is 18.2 Å². The highest BCUT2D eigenvalue weighted by atomic mass is 35.5. The minimum absolute atomic E-state index is 0.188. The molecule has 24 heavy (non-hydrogen) atoms. The Morgan fingerprint density at radius 3 is 2.25 bits per heavy atom. The Hall–Kier alpha value is -3.02. The number of amides is 2. The number of nitrogens with zero attached hydrogens (tertiary/aromatic N) is 3. The third-order valence-corrected chi connectivity index (χ3v) is 3.00. The van der Waals surface area contributed by atoms with E-state index in [1.807, 2.05) is 10.7 Å². The van der Waals surface area contributed by atoms with E-state index in [9.17, 15) is 22.8 Å². The topological polar surface area (TPSA) is 141 Å². The average molecular weight is 364 g/mol. The van der Waals surface area contributed by atoms with E-state index >= 15 is 0 Å². The van der Waals surface area contributed by atoms with Crippen LogP contribution >= 0.6 is 11.6 Å². The second-order valence-electron chi connectivity index (χ2n) is 4.34. The lowest BCUT2D eigenvalue weighted by atomic mass is 10.2. The number of hydrogen-bond donors (Lipinski definition) is 4. The lowest BCUT2D eigenvalue weighted by Gasteiger charge is -2.12. The average Bonchev–Trinajstić information content (AvgIpc) is 2.80. The molecule has 0 aliphatic rings. The third kappa shape index (κ3) is 3.65. The molecule has 13 heteroatoms. The first kappa shape index (κ1) is 17.3. The van der Waals surface area contributed by atoms with Crippen LogP contribution in [0.1, 0.15) is 5.56 Å². The van der Waals surface area contributed by atoms with E-state index in [-0.39, 0.29) is 16.9 Å². The van der Waals surface area contributed by atoms with Gasteiger partial charge in [-0.1, -0.05) is 11.6 Å². The second-order valence-corrected chi connectivity index (χ2v) is 4.75. The van der Waals surface area contributed by atoms with Crippen molar-refractivity contribution in [2.45, 2.75) is 6.18 Å². The number of carbonyl (C=O) groups excluding carboxylic acids is 2. The Bertz CT molecular complexity index is 786. The van der Waals surface area contributed by atoms with Crippen molar-refractivity contribution in [1.82, 2.24) is 14.9 Å². The largest absolute Gasteiger partial charge is 0.416 e. The van der Waals surface area contributed by atoms with Gasteiger partial charge in [0.15, 0.2) is 0 Å². The van der Waals surface area contributed by atoms with Crippen LogP contribution in [0.15, 0.2) is 18.2 Å². The van der Waals surface area contributed by atoms with Crippen molar-refractivity contribution in [3.63, 3.8) is 0 Å². The Labute approximate surface area is 136 Å². The number of nitrogens with two attached hydrogens (primary N) is 2. The van der Waals surface area contributed by atoms with Crippen molar-refractivity contribution in [2.24, 2.45) is 0 Å². The van der Waals surface area contributed by atoms with Crippen LogP contribution in [-0.2, 0) is 15.8 Å². The summed E-state index contributed by atoms with van der Waals surface area (Å²) in [7, 11) is 0. The first-order valence-corrected chi connectivity index (χ1v) is 6.43. The van der Waals surface area contributed by atoms with E-state index in [1.54, 1.807) is 0 Å². The summed E-state index contributed by atoms with van der Waals surface area (Å²) in [4.78, 5) is 23.5. The first-order chi connectivity index (χ1) is 11.1. The molecule has 9 nitrogen and oxygen atoms in total. The first-order valence-electron chi connectivity index (χ1n) is 6.05. The zero-order chi connectivity index (χ0) is 18.1. The van der Waals surface area contributed by atoms with Crippen LogP contribution in [0.25, 0.3) is 0 Å². The summed E-state index contributed by atoms with van der Waals surface area (Å²) < 4.78 is 38.7. The summed E-state index contributed by atoms with van der Waals surface area (Å²) in [5.41, 5.74) is 11.2. The fraction of sp³-hybridized carbons (Fsp3) is 0.0909. The van der Waals surface area contributed by atoms with E-state index in [1.165, 1.54) is 0 Å². The number of nitrogen functional groups attached to an aromatic ring is 2. The number of benzene rings is 1. The molecule has 6 N–H and O–H groups in total. The summed E-state index contributed by atoms with van der Waals surface area (Å²) in [6, 6.07) is 2.26. The fourth-order valence-corrected chi connectivity index (χ4v) is 1.72. The van der Waals surface area contributed by atoms with Crippen LogP contribution in [0, 0.1) is 0 Å². The molecule has 2 amide bonds. The lowest BCUT2D eigenvalue weighted by Crippen LogP contribution is -2.35. The van der Waals surface area contributed by atoms with Crippen molar-refractivity contribution >= 4 is 41.0 Å². The molecule has 2 aromatic rings. The summed E-state index contributed by atoms with van der Waals surface area (Å²) in [6.07, 6.45) is -4.64. The van der Waals surface area contributed by atoms with E-state index in [0.717, 1.165) is 16.8 Å². The van der Waals surface area contributed by atoms with Crippen LogP contribution in [0.3, 0.4) is 0 Å². The number of carbonyl (C=O) groups is 2. The van der Waals surface area contributed by atoms with Gasteiger partial charge in [0.25, 0.3) is 0 Å². The molecule has 1 heterocycles. The van der Waals surface area contributed by atoms with Gasteiger partial charge >= 0.3 is 18.0 Å². The van der Waals surface area contributed by atoms with Crippen LogP contribution in [-0.4, -0.2) is 26.7 Å². The fourth-order valence-electron chi connectivity index (χ4n) is 1.55. The van der Waals surface area contributed by atoms with Gasteiger partial charge in [-0.15, -0.1) is 10.2 Å². The summed E-state index contributed by atoms with van der Waals surface area (Å²) in [5.74, 6) is -3.18. The standard InChI is InChI=1S/C11H9ClF3N7O2/c12-5-2-1-4(11(13,14)15)3-6(5)18-7(23)8(24)21-22-9(16)19-20-10(22)17/h1-3H,(H2,16,19)(H2,17,20)(H,18,23)(H,21,24). The molecule has 0 aliphatic carbocycles. The maximum atomic E-state index is 12.7. The molecule has 2 rings (SSSR count). The van der Waals surface area contributed by atoms with Crippen molar-refractivity contribution < 1.29 is 22.8 Å². The number of hydrogen-bond acceptors (Lipinski definition) is 6. The van der Waals surface area contributed by atoms with E-state index in [4.69, 9.17) is 23.1 Å². The van der Waals surface area contributed by atoms with Gasteiger partial charge in [-0.25, -0.2) is 5.43 Å². The van der Waals surface area contributed by atoms with Crippen LogP contribution < -0.4 is 22.2 Å². The summed E-state index contributed by atoms with van der Waals surface area (Å²) in [6.45, 7) is 0. The monoisotopic (exact) mass is 363 g/mol. The molecule has 0 spiro atoms. The Kier molecular flexibility index (Phi) is 4.50. The van der Waals surface area contributed by atoms with Gasteiger partial charge in [-0.3, -0.25) is 9.59 Å². The van der Waals surface area contributed by atoms with Crippen molar-refractivity contribution in [3.8, 4) is 0 Å². The van der Waals surface area contributed by atoms with Crippen molar-refractivity contribution in [2.75, 3.05) is 22.2 Å². The van der Waals surface area contributed by atoms with Crippen LogP contribution in [0.2, 0.25) is 5.02 Å². The highest BCUT2D eigenvalue weighted by molar-refractivity contribution is 6.43. The Balaban J connectivity index is 2.16.